The highest BCUT2D eigenvalue weighted by Gasteiger charge is 2.33. The van der Waals surface area contributed by atoms with E-state index >= 15 is 0 Å². The summed E-state index contributed by atoms with van der Waals surface area (Å²) in [4.78, 5) is 7.00. The molecule has 0 aliphatic rings. The largest absolute Gasteiger partial charge is 0.697 e. The van der Waals surface area contributed by atoms with Crippen LogP contribution in [0.5, 0.6) is 0 Å². The number of hydrogen-bond acceptors (Lipinski definition) is 6. The second-order valence-corrected chi connectivity index (χ2v) is 6.48. The molecule has 0 aromatic heterocycles. The highest BCUT2D eigenvalue weighted by atomic mass is 32.2. The van der Waals surface area contributed by atoms with Crippen LogP contribution in [0, 0.1) is 0 Å². The Balaban J connectivity index is 2.97. The number of alkyl halides is 3. The van der Waals surface area contributed by atoms with E-state index in [1.54, 1.807) is 0 Å². The summed E-state index contributed by atoms with van der Waals surface area (Å²) in [5.41, 5.74) is -4.67. The first-order chi connectivity index (χ1) is 9.12. The van der Waals surface area contributed by atoms with Gasteiger partial charge in [-0.15, -0.1) is 4.89 Å². The maximum Gasteiger partial charge on any atom is 0.697 e. The van der Waals surface area contributed by atoms with Gasteiger partial charge in [-0.05, 0) is 23.9 Å². The van der Waals surface area contributed by atoms with Gasteiger partial charge in [0, 0.05) is 9.46 Å². The van der Waals surface area contributed by atoms with Gasteiger partial charge in [-0.3, -0.25) is 0 Å². The topological polar surface area (TPSA) is 89.9 Å². The summed E-state index contributed by atoms with van der Waals surface area (Å²) in [5.74, 6) is 0. The Labute approximate surface area is 117 Å². The highest BCUT2D eigenvalue weighted by Crippen LogP contribution is 2.40. The molecule has 1 rings (SSSR count). The fourth-order valence-corrected chi connectivity index (χ4v) is 3.13. The van der Waals surface area contributed by atoms with E-state index in [0.717, 1.165) is 12.1 Å². The smallest absolute Gasteiger partial charge is 0.232 e. The average molecular weight is 351 g/mol. The van der Waals surface area contributed by atoms with E-state index in [2.05, 4.69) is 8.71 Å². The van der Waals surface area contributed by atoms with Crippen molar-refractivity contribution in [2.24, 2.45) is 0 Å². The highest BCUT2D eigenvalue weighted by molar-refractivity contribution is 8.00. The predicted octanol–water partition coefficient (Wildman–Crippen LogP) is 2.63. The molecule has 6 nitrogen and oxygen atoms in total. The molecule has 0 aliphatic heterocycles. The Morgan fingerprint density at radius 2 is 1.90 bits per heavy atom. The van der Waals surface area contributed by atoms with E-state index in [1.165, 1.54) is 12.1 Å². The minimum absolute atomic E-state index is 0.576. The van der Waals surface area contributed by atoms with E-state index in [1.807, 2.05) is 0 Å². The molecule has 20 heavy (non-hydrogen) atoms. The van der Waals surface area contributed by atoms with Crippen LogP contribution in [0.4, 0.5) is 13.2 Å². The average Bonchev–Trinajstić information content (AvgIpc) is 2.26. The summed E-state index contributed by atoms with van der Waals surface area (Å²) in [7, 11) is -7.62. The zero-order valence-corrected chi connectivity index (χ0v) is 11.9. The Hall–Kier alpha value is -0.710. The molecule has 0 spiro atoms. The molecule has 0 radical (unpaired) electrons. The zero-order chi connectivity index (χ0) is 15.4. The normalized spacial score (nSPS) is 13.3. The van der Waals surface area contributed by atoms with E-state index < -0.39 is 52.2 Å². The standard InChI is InChI=1S/C8H6F3O6PS2/c9-8(10,11)19-6-3-1-2-4-7(6)20(14,15)17-5-16-18(12)13/h1-4H,5H2/p+1. The van der Waals surface area contributed by atoms with Crippen molar-refractivity contribution in [3.8, 4) is 0 Å². The van der Waals surface area contributed by atoms with Crippen LogP contribution in [-0.4, -0.2) is 25.6 Å². The van der Waals surface area contributed by atoms with E-state index in [4.69, 9.17) is 4.89 Å². The maximum absolute atomic E-state index is 12.3. The zero-order valence-electron chi connectivity index (χ0n) is 9.40. The molecule has 0 fully saturated rings. The molecule has 1 N–H and O–H groups in total. The molecular formula is C8H7F3O6PS2+. The van der Waals surface area contributed by atoms with Crippen LogP contribution >= 0.6 is 20.0 Å². The second kappa shape index (κ2) is 6.83. The first-order valence-electron chi connectivity index (χ1n) is 4.65. The summed E-state index contributed by atoms with van der Waals surface area (Å²) in [5, 5.41) is 0. The van der Waals surface area contributed by atoms with Gasteiger partial charge in [0.05, 0.1) is 0 Å². The van der Waals surface area contributed by atoms with Gasteiger partial charge < -0.3 is 0 Å². The van der Waals surface area contributed by atoms with Crippen molar-refractivity contribution in [2.75, 3.05) is 6.79 Å². The summed E-state index contributed by atoms with van der Waals surface area (Å²) in [6.07, 6.45) is 0. The SMILES string of the molecule is O=[P+](O)OCOS(=O)(=O)c1ccccc1SC(F)(F)F. The lowest BCUT2D eigenvalue weighted by Gasteiger charge is -2.10. The van der Waals surface area contributed by atoms with Crippen molar-refractivity contribution in [1.29, 1.82) is 0 Å². The minimum Gasteiger partial charge on any atom is -0.232 e. The lowest BCUT2D eigenvalue weighted by Crippen LogP contribution is -2.10. The van der Waals surface area contributed by atoms with E-state index in [-0.39, 0.29) is 0 Å². The van der Waals surface area contributed by atoms with Gasteiger partial charge >= 0.3 is 23.9 Å². The summed E-state index contributed by atoms with van der Waals surface area (Å²) in [6.45, 7) is -1.08. The van der Waals surface area contributed by atoms with Crippen molar-refractivity contribution in [3.05, 3.63) is 24.3 Å². The molecule has 12 heteroatoms. The molecule has 0 bridgehead atoms. The molecule has 0 amide bonds. The molecule has 0 saturated carbocycles. The van der Waals surface area contributed by atoms with Gasteiger partial charge in [0.25, 0.3) is 0 Å². The fraction of sp³-hybridized carbons (Fsp3) is 0.250. The van der Waals surface area contributed by atoms with Crippen molar-refractivity contribution in [2.45, 2.75) is 15.3 Å². The van der Waals surface area contributed by atoms with Gasteiger partial charge in [0.1, 0.15) is 4.90 Å². The van der Waals surface area contributed by atoms with E-state index in [0.29, 0.717) is 0 Å². The second-order valence-electron chi connectivity index (χ2n) is 3.05. The van der Waals surface area contributed by atoms with Crippen LogP contribution in [-0.2, 0) is 23.4 Å². The van der Waals surface area contributed by atoms with Gasteiger partial charge in [-0.2, -0.15) is 21.6 Å². The van der Waals surface area contributed by atoms with Crippen LogP contribution in [0.2, 0.25) is 0 Å². The van der Waals surface area contributed by atoms with Crippen LogP contribution < -0.4 is 0 Å². The first-order valence-corrected chi connectivity index (χ1v) is 8.00. The molecule has 1 aromatic rings. The fourth-order valence-electron chi connectivity index (χ4n) is 1.06. The molecule has 0 saturated heterocycles. The van der Waals surface area contributed by atoms with E-state index in [9.17, 15) is 26.2 Å². The molecule has 1 unspecified atom stereocenters. The minimum atomic E-state index is -4.67. The monoisotopic (exact) mass is 351 g/mol. The Morgan fingerprint density at radius 3 is 2.45 bits per heavy atom. The lowest BCUT2D eigenvalue weighted by molar-refractivity contribution is -0.0329. The van der Waals surface area contributed by atoms with Crippen LogP contribution in [0.25, 0.3) is 0 Å². The summed E-state index contributed by atoms with van der Waals surface area (Å²) in [6, 6.07) is 4.32. The van der Waals surface area contributed by atoms with Crippen LogP contribution in [0.1, 0.15) is 0 Å². The number of halogens is 3. The Bertz CT molecular complexity index is 588. The quantitative estimate of drug-likeness (QED) is 0.365. The third-order valence-corrected chi connectivity index (χ3v) is 4.27. The van der Waals surface area contributed by atoms with Gasteiger partial charge in [0.2, 0.25) is 6.79 Å². The molecule has 112 valence electrons. The summed E-state index contributed by atoms with van der Waals surface area (Å²) >= 11 is -0.613. The van der Waals surface area contributed by atoms with Crippen LogP contribution in [0.15, 0.2) is 34.1 Å². The molecular weight excluding hydrogens is 344 g/mol. The molecule has 1 atom stereocenters. The Kier molecular flexibility index (Phi) is 5.92. The molecule has 0 aliphatic carbocycles. The number of thioether (sulfide) groups is 1. The predicted molar refractivity (Wildman–Crippen MR) is 62.4 cm³/mol. The maximum atomic E-state index is 12.3. The number of hydrogen-bond donors (Lipinski definition) is 1. The van der Waals surface area contributed by atoms with Crippen molar-refractivity contribution < 1.29 is 39.8 Å². The first kappa shape index (κ1) is 17.3. The molecule has 1 aromatic carbocycles. The molecule has 0 heterocycles. The van der Waals surface area contributed by atoms with Crippen molar-refractivity contribution in [1.82, 2.24) is 0 Å². The van der Waals surface area contributed by atoms with Crippen molar-refractivity contribution >= 4 is 30.1 Å². The number of benzene rings is 1. The van der Waals surface area contributed by atoms with Crippen molar-refractivity contribution in [3.63, 3.8) is 0 Å². The van der Waals surface area contributed by atoms with Crippen LogP contribution in [0.3, 0.4) is 0 Å². The van der Waals surface area contributed by atoms with Gasteiger partial charge in [-0.1, -0.05) is 16.7 Å². The third kappa shape index (κ3) is 5.73. The number of rotatable bonds is 6. The van der Waals surface area contributed by atoms with Gasteiger partial charge in [0.15, 0.2) is 0 Å². The van der Waals surface area contributed by atoms with Gasteiger partial charge in [-0.25, -0.2) is 4.18 Å². The lowest BCUT2D eigenvalue weighted by atomic mass is 10.4. The summed E-state index contributed by atoms with van der Waals surface area (Å²) < 4.78 is 78.6. The third-order valence-electron chi connectivity index (χ3n) is 1.71. The Morgan fingerprint density at radius 1 is 1.30 bits per heavy atom.